The molecule has 1 fully saturated rings. The predicted molar refractivity (Wildman–Crippen MR) is 74.9 cm³/mol. The minimum Gasteiger partial charge on any atom is -0.493 e. The fraction of sp³-hybridized carbons (Fsp3) is 0.500. The van der Waals surface area contributed by atoms with Crippen LogP contribution in [0.4, 0.5) is 8.78 Å². The van der Waals surface area contributed by atoms with Crippen molar-refractivity contribution in [2.45, 2.75) is 19.1 Å². The van der Waals surface area contributed by atoms with Crippen LogP contribution in [0.3, 0.4) is 0 Å². The van der Waals surface area contributed by atoms with Gasteiger partial charge in [-0.05, 0) is 25.1 Å². The van der Waals surface area contributed by atoms with Crippen LogP contribution in [0.25, 0.3) is 0 Å². The van der Waals surface area contributed by atoms with E-state index >= 15 is 0 Å². The van der Waals surface area contributed by atoms with Crippen molar-refractivity contribution in [2.75, 3.05) is 27.3 Å². The predicted octanol–water partition coefficient (Wildman–Crippen LogP) is 1.40. The monoisotopic (exact) mass is 316 g/mol. The van der Waals surface area contributed by atoms with Crippen LogP contribution in [0, 0.1) is 0 Å². The summed E-state index contributed by atoms with van der Waals surface area (Å²) in [5.74, 6) is -0.545. The Bertz CT molecular complexity index is 509. The zero-order valence-corrected chi connectivity index (χ0v) is 12.3. The first kappa shape index (κ1) is 16.3. The molecule has 1 aromatic rings. The summed E-state index contributed by atoms with van der Waals surface area (Å²) in [6, 6.07) is 2.73. The molecule has 1 amide bonds. The van der Waals surface area contributed by atoms with Gasteiger partial charge in [-0.1, -0.05) is 0 Å². The van der Waals surface area contributed by atoms with Gasteiger partial charge in [-0.25, -0.2) is 0 Å². The number of hydrogen-bond acceptors (Lipinski definition) is 5. The molecule has 0 spiro atoms. The third-order valence-corrected chi connectivity index (χ3v) is 3.33. The molecule has 0 radical (unpaired) electrons. The van der Waals surface area contributed by atoms with Gasteiger partial charge in [0, 0.05) is 18.2 Å². The van der Waals surface area contributed by atoms with E-state index in [0.717, 1.165) is 13.0 Å². The number of carbonyl (C=O) groups excluding carboxylic acids is 1. The molecule has 2 rings (SSSR count). The summed E-state index contributed by atoms with van der Waals surface area (Å²) < 4.78 is 39.4. The molecular formula is C14H18F2N2O4. The van der Waals surface area contributed by atoms with Crippen molar-refractivity contribution in [3.63, 3.8) is 0 Å². The van der Waals surface area contributed by atoms with E-state index in [2.05, 4.69) is 15.4 Å². The second-order valence-electron chi connectivity index (χ2n) is 4.75. The SMILES string of the molecule is COc1cc(C(=O)NC2CCNC2)cc(OC)c1OC(F)F. The summed E-state index contributed by atoms with van der Waals surface area (Å²) in [6.45, 7) is -1.47. The molecule has 22 heavy (non-hydrogen) atoms. The first-order valence-corrected chi connectivity index (χ1v) is 6.77. The minimum absolute atomic E-state index is 0.00865. The van der Waals surface area contributed by atoms with E-state index in [4.69, 9.17) is 9.47 Å². The molecule has 1 aliphatic rings. The molecular weight excluding hydrogens is 298 g/mol. The maximum absolute atomic E-state index is 12.5. The Morgan fingerprint density at radius 1 is 1.32 bits per heavy atom. The standard InChI is InChI=1S/C14H18F2N2O4/c1-20-10-5-8(13(19)18-9-3-4-17-7-9)6-11(21-2)12(10)22-14(15)16/h5-6,9,14,17H,3-4,7H2,1-2H3,(H,18,19). The highest BCUT2D eigenvalue weighted by Gasteiger charge is 2.22. The summed E-state index contributed by atoms with van der Waals surface area (Å²) in [4.78, 5) is 12.2. The summed E-state index contributed by atoms with van der Waals surface area (Å²) in [5, 5.41) is 5.99. The van der Waals surface area contributed by atoms with Crippen LogP contribution in [-0.4, -0.2) is 45.9 Å². The van der Waals surface area contributed by atoms with Crippen molar-refractivity contribution in [1.82, 2.24) is 10.6 Å². The van der Waals surface area contributed by atoms with Gasteiger partial charge < -0.3 is 24.8 Å². The normalized spacial score (nSPS) is 17.4. The molecule has 1 saturated heterocycles. The van der Waals surface area contributed by atoms with E-state index in [1.807, 2.05) is 0 Å². The van der Waals surface area contributed by atoms with E-state index in [0.29, 0.717) is 6.54 Å². The third-order valence-electron chi connectivity index (χ3n) is 3.33. The Balaban J connectivity index is 2.26. The molecule has 8 heteroatoms. The Hall–Kier alpha value is -2.09. The Kier molecular flexibility index (Phi) is 5.37. The average molecular weight is 316 g/mol. The summed E-state index contributed by atoms with van der Waals surface area (Å²) in [5.41, 5.74) is 0.252. The lowest BCUT2D eigenvalue weighted by atomic mass is 10.1. The van der Waals surface area contributed by atoms with Gasteiger partial charge >= 0.3 is 6.61 Å². The van der Waals surface area contributed by atoms with Crippen LogP contribution in [0.5, 0.6) is 17.2 Å². The Morgan fingerprint density at radius 3 is 2.41 bits per heavy atom. The Morgan fingerprint density at radius 2 is 1.95 bits per heavy atom. The largest absolute Gasteiger partial charge is 0.493 e. The maximum Gasteiger partial charge on any atom is 0.387 e. The van der Waals surface area contributed by atoms with Gasteiger partial charge in [-0.2, -0.15) is 8.78 Å². The smallest absolute Gasteiger partial charge is 0.387 e. The van der Waals surface area contributed by atoms with E-state index in [9.17, 15) is 13.6 Å². The lowest BCUT2D eigenvalue weighted by Gasteiger charge is -2.16. The van der Waals surface area contributed by atoms with Crippen molar-refractivity contribution >= 4 is 5.91 Å². The van der Waals surface area contributed by atoms with Crippen molar-refractivity contribution in [2.24, 2.45) is 0 Å². The van der Waals surface area contributed by atoms with Gasteiger partial charge in [-0.15, -0.1) is 0 Å². The summed E-state index contributed by atoms with van der Waals surface area (Å²) >= 11 is 0. The first-order valence-electron chi connectivity index (χ1n) is 6.77. The average Bonchev–Trinajstić information content (AvgIpc) is 2.99. The quantitative estimate of drug-likeness (QED) is 0.830. The highest BCUT2D eigenvalue weighted by Crippen LogP contribution is 2.39. The van der Waals surface area contributed by atoms with E-state index < -0.39 is 6.61 Å². The zero-order valence-electron chi connectivity index (χ0n) is 12.3. The molecule has 1 heterocycles. The number of carbonyl (C=O) groups is 1. The summed E-state index contributed by atoms with van der Waals surface area (Å²) in [6.07, 6.45) is 0.840. The van der Waals surface area contributed by atoms with Crippen molar-refractivity contribution in [3.8, 4) is 17.2 Å². The van der Waals surface area contributed by atoms with Gasteiger partial charge in [0.25, 0.3) is 5.91 Å². The number of nitrogens with one attached hydrogen (secondary N) is 2. The number of methoxy groups -OCH3 is 2. The molecule has 0 bridgehead atoms. The number of amides is 1. The van der Waals surface area contributed by atoms with E-state index in [1.165, 1.54) is 26.4 Å². The van der Waals surface area contributed by atoms with Gasteiger partial charge in [0.15, 0.2) is 11.5 Å². The summed E-state index contributed by atoms with van der Waals surface area (Å²) in [7, 11) is 2.60. The molecule has 1 aliphatic heterocycles. The maximum atomic E-state index is 12.5. The molecule has 2 N–H and O–H groups in total. The zero-order chi connectivity index (χ0) is 16.1. The number of rotatable bonds is 6. The Labute approximate surface area is 126 Å². The van der Waals surface area contributed by atoms with Gasteiger partial charge in [0.05, 0.1) is 14.2 Å². The van der Waals surface area contributed by atoms with E-state index in [-0.39, 0.29) is 34.8 Å². The lowest BCUT2D eigenvalue weighted by Crippen LogP contribution is -2.36. The van der Waals surface area contributed by atoms with Crippen molar-refractivity contribution in [1.29, 1.82) is 0 Å². The second-order valence-corrected chi connectivity index (χ2v) is 4.75. The minimum atomic E-state index is -3.02. The molecule has 0 aromatic heterocycles. The van der Waals surface area contributed by atoms with Crippen LogP contribution in [0.2, 0.25) is 0 Å². The first-order chi connectivity index (χ1) is 10.5. The van der Waals surface area contributed by atoms with Crippen LogP contribution in [0.15, 0.2) is 12.1 Å². The van der Waals surface area contributed by atoms with Crippen molar-refractivity contribution < 1.29 is 27.8 Å². The van der Waals surface area contributed by atoms with Crippen molar-refractivity contribution in [3.05, 3.63) is 17.7 Å². The van der Waals surface area contributed by atoms with Crippen LogP contribution < -0.4 is 24.8 Å². The molecule has 0 saturated carbocycles. The number of halogens is 2. The fourth-order valence-electron chi connectivity index (χ4n) is 2.26. The molecule has 0 aliphatic carbocycles. The molecule has 6 nitrogen and oxygen atoms in total. The van der Waals surface area contributed by atoms with Gasteiger partial charge in [0.2, 0.25) is 5.75 Å². The number of ether oxygens (including phenoxy) is 3. The second kappa shape index (κ2) is 7.26. The van der Waals surface area contributed by atoms with Gasteiger partial charge in [-0.3, -0.25) is 4.79 Å². The fourth-order valence-corrected chi connectivity index (χ4v) is 2.26. The van der Waals surface area contributed by atoms with E-state index in [1.54, 1.807) is 0 Å². The molecule has 122 valence electrons. The highest BCUT2D eigenvalue weighted by atomic mass is 19.3. The van der Waals surface area contributed by atoms with Crippen LogP contribution >= 0.6 is 0 Å². The number of hydrogen-bond donors (Lipinski definition) is 2. The molecule has 1 aromatic carbocycles. The molecule has 1 unspecified atom stereocenters. The lowest BCUT2D eigenvalue weighted by molar-refractivity contribution is -0.0526. The number of alkyl halides is 2. The third kappa shape index (κ3) is 3.76. The van der Waals surface area contributed by atoms with Crippen LogP contribution in [0.1, 0.15) is 16.8 Å². The highest BCUT2D eigenvalue weighted by molar-refractivity contribution is 5.95. The number of benzene rings is 1. The van der Waals surface area contributed by atoms with Gasteiger partial charge in [0.1, 0.15) is 0 Å². The van der Waals surface area contributed by atoms with Crippen LogP contribution in [-0.2, 0) is 0 Å². The topological polar surface area (TPSA) is 68.8 Å². The molecule has 1 atom stereocenters.